The Morgan fingerprint density at radius 3 is 2.82 bits per heavy atom. The van der Waals surface area contributed by atoms with Crippen molar-refractivity contribution in [1.82, 2.24) is 19.9 Å². The number of aryl methyl sites for hydroxylation is 1. The summed E-state index contributed by atoms with van der Waals surface area (Å²) in [6, 6.07) is 11.7. The zero-order valence-electron chi connectivity index (χ0n) is 18.6. The second-order valence-electron chi connectivity index (χ2n) is 8.36. The SMILES string of the molecule is COC(=O)c1ccc(-c2nc(CN3CCCCC3c3nc4ccc(F)cc4[nH]3)c(C)o2)cc1. The first-order valence-corrected chi connectivity index (χ1v) is 11.1. The van der Waals surface area contributed by atoms with Crippen LogP contribution in [-0.2, 0) is 11.3 Å². The van der Waals surface area contributed by atoms with Gasteiger partial charge in [-0.1, -0.05) is 6.42 Å². The summed E-state index contributed by atoms with van der Waals surface area (Å²) in [5.74, 6) is 1.48. The van der Waals surface area contributed by atoms with Gasteiger partial charge >= 0.3 is 5.97 Å². The molecule has 5 rings (SSSR count). The molecule has 2 aromatic heterocycles. The fourth-order valence-electron chi connectivity index (χ4n) is 4.41. The first kappa shape index (κ1) is 21.3. The number of aromatic amines is 1. The minimum Gasteiger partial charge on any atom is -0.465 e. The third-order valence-corrected chi connectivity index (χ3v) is 6.19. The molecular formula is C25H25FN4O3. The summed E-state index contributed by atoms with van der Waals surface area (Å²) in [6.45, 7) is 3.47. The maximum Gasteiger partial charge on any atom is 0.337 e. The lowest BCUT2D eigenvalue weighted by Gasteiger charge is -2.34. The first-order chi connectivity index (χ1) is 16.0. The first-order valence-electron chi connectivity index (χ1n) is 11.1. The van der Waals surface area contributed by atoms with Crippen LogP contribution in [0.4, 0.5) is 4.39 Å². The molecule has 1 aliphatic heterocycles. The van der Waals surface area contributed by atoms with Crippen LogP contribution in [-0.4, -0.2) is 39.5 Å². The Morgan fingerprint density at radius 2 is 2.03 bits per heavy atom. The third-order valence-electron chi connectivity index (χ3n) is 6.19. The van der Waals surface area contributed by atoms with Crippen molar-refractivity contribution in [2.75, 3.05) is 13.7 Å². The second-order valence-corrected chi connectivity index (χ2v) is 8.36. The highest BCUT2D eigenvalue weighted by molar-refractivity contribution is 5.89. The molecule has 1 atom stereocenters. The normalized spacial score (nSPS) is 16.9. The summed E-state index contributed by atoms with van der Waals surface area (Å²) >= 11 is 0. The molecule has 1 saturated heterocycles. The van der Waals surface area contributed by atoms with Crippen molar-refractivity contribution in [3.63, 3.8) is 0 Å². The van der Waals surface area contributed by atoms with Crippen molar-refractivity contribution in [2.24, 2.45) is 0 Å². The molecular weight excluding hydrogens is 423 g/mol. The summed E-state index contributed by atoms with van der Waals surface area (Å²) in [4.78, 5) is 26.8. The quantitative estimate of drug-likeness (QED) is 0.424. The number of fused-ring (bicyclic) bond motifs is 1. The highest BCUT2D eigenvalue weighted by Crippen LogP contribution is 2.33. The highest BCUT2D eigenvalue weighted by Gasteiger charge is 2.28. The van der Waals surface area contributed by atoms with E-state index < -0.39 is 0 Å². The Hall–Kier alpha value is -3.52. The zero-order valence-corrected chi connectivity index (χ0v) is 18.6. The van der Waals surface area contributed by atoms with E-state index in [1.165, 1.54) is 19.2 Å². The van der Waals surface area contributed by atoms with Gasteiger partial charge in [-0.3, -0.25) is 4.90 Å². The maximum atomic E-state index is 13.6. The van der Waals surface area contributed by atoms with E-state index in [9.17, 15) is 9.18 Å². The Kier molecular flexibility index (Phi) is 5.68. The molecule has 4 aromatic rings. The van der Waals surface area contributed by atoms with Crippen LogP contribution in [0.25, 0.3) is 22.5 Å². The topological polar surface area (TPSA) is 84.2 Å². The molecule has 170 valence electrons. The monoisotopic (exact) mass is 448 g/mol. The Balaban J connectivity index is 1.38. The van der Waals surface area contributed by atoms with Crippen molar-refractivity contribution in [2.45, 2.75) is 38.8 Å². The van der Waals surface area contributed by atoms with Gasteiger partial charge in [0.15, 0.2) is 0 Å². The van der Waals surface area contributed by atoms with Crippen molar-refractivity contribution < 1.29 is 18.3 Å². The van der Waals surface area contributed by atoms with Gasteiger partial charge in [0, 0.05) is 12.1 Å². The van der Waals surface area contributed by atoms with Gasteiger partial charge in [-0.05, 0) is 68.8 Å². The molecule has 0 bridgehead atoms. The number of likely N-dealkylation sites (tertiary alicyclic amines) is 1. The number of carbonyl (C=O) groups is 1. The molecule has 8 heteroatoms. The molecule has 0 amide bonds. The molecule has 3 heterocycles. The molecule has 33 heavy (non-hydrogen) atoms. The summed E-state index contributed by atoms with van der Waals surface area (Å²) in [7, 11) is 1.36. The third kappa shape index (κ3) is 4.26. The van der Waals surface area contributed by atoms with Gasteiger partial charge in [0.25, 0.3) is 0 Å². The van der Waals surface area contributed by atoms with Crippen LogP contribution in [0.2, 0.25) is 0 Å². The summed E-state index contributed by atoms with van der Waals surface area (Å²) in [6.07, 6.45) is 3.19. The number of methoxy groups -OCH3 is 1. The number of esters is 1. The standard InChI is InChI=1S/C25H25FN4O3/c1-15-21(29-24(33-15)16-6-8-17(9-7-16)25(31)32-2)14-30-12-4-3-5-22(30)23-27-19-11-10-18(26)13-20(19)28-23/h6-11,13,22H,3-5,12,14H2,1-2H3,(H,27,28). The van der Waals surface area contributed by atoms with E-state index in [1.807, 2.05) is 6.92 Å². The fourth-order valence-corrected chi connectivity index (χ4v) is 4.41. The largest absolute Gasteiger partial charge is 0.465 e. The number of rotatable bonds is 5. The van der Waals surface area contributed by atoms with E-state index in [4.69, 9.17) is 19.1 Å². The van der Waals surface area contributed by atoms with Crippen LogP contribution >= 0.6 is 0 Å². The molecule has 1 N–H and O–H groups in total. The average Bonchev–Trinajstić information content (AvgIpc) is 3.42. The van der Waals surface area contributed by atoms with E-state index in [0.717, 1.165) is 54.2 Å². The minimum atomic E-state index is -0.379. The lowest BCUT2D eigenvalue weighted by Crippen LogP contribution is -2.33. The van der Waals surface area contributed by atoms with Crippen molar-refractivity contribution in [1.29, 1.82) is 0 Å². The molecule has 0 aliphatic carbocycles. The van der Waals surface area contributed by atoms with E-state index >= 15 is 0 Å². The molecule has 0 saturated carbocycles. The zero-order chi connectivity index (χ0) is 22.9. The Morgan fingerprint density at radius 1 is 1.21 bits per heavy atom. The van der Waals surface area contributed by atoms with Crippen molar-refractivity contribution in [3.8, 4) is 11.5 Å². The number of H-pyrrole nitrogens is 1. The van der Waals surface area contributed by atoms with Gasteiger partial charge in [-0.2, -0.15) is 0 Å². The van der Waals surface area contributed by atoms with Crippen LogP contribution in [0.1, 0.15) is 52.9 Å². The van der Waals surface area contributed by atoms with Gasteiger partial charge in [-0.25, -0.2) is 19.2 Å². The van der Waals surface area contributed by atoms with E-state index in [-0.39, 0.29) is 17.8 Å². The number of carbonyl (C=O) groups excluding carboxylic acids is 1. The van der Waals surface area contributed by atoms with Crippen LogP contribution in [0, 0.1) is 12.7 Å². The number of oxazole rings is 1. The number of imidazole rings is 1. The molecule has 2 aromatic carbocycles. The molecule has 0 radical (unpaired) electrons. The van der Waals surface area contributed by atoms with Gasteiger partial charge in [-0.15, -0.1) is 0 Å². The van der Waals surface area contributed by atoms with Gasteiger partial charge in [0.05, 0.1) is 35.4 Å². The maximum absolute atomic E-state index is 13.6. The average molecular weight is 448 g/mol. The van der Waals surface area contributed by atoms with Crippen LogP contribution in [0.3, 0.4) is 0 Å². The lowest BCUT2D eigenvalue weighted by molar-refractivity contribution is 0.0600. The minimum absolute atomic E-state index is 0.105. The van der Waals surface area contributed by atoms with Crippen LogP contribution in [0.5, 0.6) is 0 Å². The number of nitrogens with one attached hydrogen (secondary N) is 1. The number of hydrogen-bond donors (Lipinski definition) is 1. The summed E-state index contributed by atoms with van der Waals surface area (Å²) in [5, 5.41) is 0. The Bertz CT molecular complexity index is 1290. The number of aromatic nitrogens is 3. The molecule has 1 unspecified atom stereocenters. The fraction of sp³-hybridized carbons (Fsp3) is 0.320. The number of hydrogen-bond acceptors (Lipinski definition) is 6. The predicted molar refractivity (Wildman–Crippen MR) is 121 cm³/mol. The number of nitrogens with zero attached hydrogens (tertiary/aromatic N) is 3. The molecule has 1 aliphatic rings. The van der Waals surface area contributed by atoms with Crippen LogP contribution in [0.15, 0.2) is 46.9 Å². The summed E-state index contributed by atoms with van der Waals surface area (Å²) < 4.78 is 24.3. The highest BCUT2D eigenvalue weighted by atomic mass is 19.1. The summed E-state index contributed by atoms with van der Waals surface area (Å²) in [5.41, 5.74) is 3.63. The number of benzene rings is 2. The molecule has 1 fully saturated rings. The predicted octanol–water partition coefficient (Wildman–Crippen LogP) is 5.18. The van der Waals surface area contributed by atoms with Gasteiger partial charge in [0.2, 0.25) is 5.89 Å². The van der Waals surface area contributed by atoms with Gasteiger partial charge in [0.1, 0.15) is 17.4 Å². The van der Waals surface area contributed by atoms with E-state index in [1.54, 1.807) is 30.3 Å². The number of halogens is 1. The number of ether oxygens (including phenoxy) is 1. The molecule has 0 spiro atoms. The van der Waals surface area contributed by atoms with E-state index in [2.05, 4.69) is 9.88 Å². The second kappa shape index (κ2) is 8.78. The molecule has 7 nitrogen and oxygen atoms in total. The van der Waals surface area contributed by atoms with Crippen molar-refractivity contribution >= 4 is 17.0 Å². The smallest absolute Gasteiger partial charge is 0.337 e. The van der Waals surface area contributed by atoms with E-state index in [0.29, 0.717) is 23.5 Å². The lowest BCUT2D eigenvalue weighted by atomic mass is 10.0. The Labute approximate surface area is 190 Å². The van der Waals surface area contributed by atoms with Crippen molar-refractivity contribution in [3.05, 3.63) is 71.1 Å². The number of piperidine rings is 1. The van der Waals surface area contributed by atoms with Gasteiger partial charge < -0.3 is 14.1 Å². The van der Waals surface area contributed by atoms with Crippen LogP contribution < -0.4 is 0 Å².